The van der Waals surface area contributed by atoms with Crippen LogP contribution in [0.5, 0.6) is 0 Å². The van der Waals surface area contributed by atoms with E-state index in [1.165, 1.54) is 16.7 Å². The molecule has 0 fully saturated rings. The van der Waals surface area contributed by atoms with Gasteiger partial charge in [-0.15, -0.1) is 0 Å². The second kappa shape index (κ2) is 5.75. The normalized spacial score (nSPS) is 10.8. The summed E-state index contributed by atoms with van der Waals surface area (Å²) in [7, 11) is 0. The monoisotopic (exact) mass is 386 g/mol. The molecular weight excluding hydrogens is 371 g/mol. The van der Waals surface area contributed by atoms with E-state index in [0.29, 0.717) is 5.15 Å². The minimum absolute atomic E-state index is 0.543. The molecule has 1 aromatic carbocycles. The Morgan fingerprint density at radius 3 is 2.21 bits per heavy atom. The van der Waals surface area contributed by atoms with E-state index in [-0.39, 0.29) is 0 Å². The molecule has 19 heavy (non-hydrogen) atoms. The van der Waals surface area contributed by atoms with Crippen LogP contribution in [0.25, 0.3) is 11.4 Å². The number of rotatable bonds is 2. The molecule has 4 heteroatoms. The molecule has 1 heterocycles. The van der Waals surface area contributed by atoms with Crippen molar-refractivity contribution in [1.29, 1.82) is 0 Å². The minimum atomic E-state index is 0.543. The summed E-state index contributed by atoms with van der Waals surface area (Å²) < 4.78 is 0.952. The van der Waals surface area contributed by atoms with Crippen LogP contribution in [0, 0.1) is 24.3 Å². The Kier molecular flexibility index (Phi) is 4.46. The van der Waals surface area contributed by atoms with Gasteiger partial charge in [0.2, 0.25) is 0 Å². The molecule has 0 N–H and O–H groups in total. The molecule has 100 valence electrons. The van der Waals surface area contributed by atoms with Crippen LogP contribution in [0.2, 0.25) is 5.15 Å². The van der Waals surface area contributed by atoms with Crippen molar-refractivity contribution in [3.63, 3.8) is 0 Å². The highest BCUT2D eigenvalue weighted by atomic mass is 127. The topological polar surface area (TPSA) is 25.8 Å². The summed E-state index contributed by atoms with van der Waals surface area (Å²) >= 11 is 8.43. The van der Waals surface area contributed by atoms with Crippen LogP contribution in [0.3, 0.4) is 0 Å². The third-order valence-corrected chi connectivity index (χ3v) is 4.84. The minimum Gasteiger partial charge on any atom is -0.232 e. The average Bonchev–Trinajstić information content (AvgIpc) is 2.32. The summed E-state index contributed by atoms with van der Waals surface area (Å²) in [5, 5.41) is 0.543. The Hall–Kier alpha value is -0.680. The zero-order valence-electron chi connectivity index (χ0n) is 11.5. The number of aryl methyl sites for hydroxylation is 4. The van der Waals surface area contributed by atoms with Crippen molar-refractivity contribution in [2.24, 2.45) is 0 Å². The molecule has 0 aliphatic rings. The van der Waals surface area contributed by atoms with Crippen LogP contribution < -0.4 is 0 Å². The van der Waals surface area contributed by atoms with Gasteiger partial charge in [0.1, 0.15) is 5.15 Å². The van der Waals surface area contributed by atoms with Gasteiger partial charge in [0, 0.05) is 5.56 Å². The van der Waals surface area contributed by atoms with Crippen molar-refractivity contribution in [2.75, 3.05) is 0 Å². The Morgan fingerprint density at radius 1 is 1.11 bits per heavy atom. The average molecular weight is 387 g/mol. The molecule has 0 unspecified atom stereocenters. The van der Waals surface area contributed by atoms with Crippen molar-refractivity contribution in [3.8, 4) is 11.4 Å². The lowest BCUT2D eigenvalue weighted by Gasteiger charge is -2.12. The molecule has 0 aliphatic heterocycles. The highest BCUT2D eigenvalue weighted by Crippen LogP contribution is 2.29. The fourth-order valence-electron chi connectivity index (χ4n) is 2.34. The van der Waals surface area contributed by atoms with E-state index in [0.717, 1.165) is 27.1 Å². The maximum atomic E-state index is 6.22. The van der Waals surface area contributed by atoms with Crippen molar-refractivity contribution in [1.82, 2.24) is 9.97 Å². The van der Waals surface area contributed by atoms with Crippen LogP contribution >= 0.6 is 34.2 Å². The zero-order valence-corrected chi connectivity index (χ0v) is 14.4. The molecule has 0 spiro atoms. The van der Waals surface area contributed by atoms with Crippen molar-refractivity contribution in [2.45, 2.75) is 34.1 Å². The van der Waals surface area contributed by atoms with Gasteiger partial charge in [-0.05, 0) is 60.9 Å². The molecule has 2 aromatic rings. The number of halogens is 2. The van der Waals surface area contributed by atoms with Crippen LogP contribution in [0.15, 0.2) is 12.1 Å². The molecule has 1 aromatic heterocycles. The number of nitrogens with zero attached hydrogens (tertiary/aromatic N) is 2. The standard InChI is InChI=1S/C15H16ClIN2/c1-5-11-13(17)14(16)19-15(18-11)12-9(3)6-8(2)7-10(12)4/h6-7H,5H2,1-4H3. The summed E-state index contributed by atoms with van der Waals surface area (Å²) in [6.45, 7) is 8.37. The summed E-state index contributed by atoms with van der Waals surface area (Å²) in [6.07, 6.45) is 0.859. The van der Waals surface area contributed by atoms with Gasteiger partial charge in [0.05, 0.1) is 9.26 Å². The SMILES string of the molecule is CCc1nc(-c2c(C)cc(C)cc2C)nc(Cl)c1I. The number of hydrogen-bond donors (Lipinski definition) is 0. The molecule has 0 radical (unpaired) electrons. The van der Waals surface area contributed by atoms with E-state index >= 15 is 0 Å². The number of hydrogen-bond acceptors (Lipinski definition) is 2. The highest BCUT2D eigenvalue weighted by Gasteiger charge is 2.14. The number of benzene rings is 1. The van der Waals surface area contributed by atoms with Crippen molar-refractivity contribution in [3.05, 3.63) is 43.2 Å². The van der Waals surface area contributed by atoms with Gasteiger partial charge < -0.3 is 0 Å². The molecule has 0 amide bonds. The van der Waals surface area contributed by atoms with E-state index in [4.69, 9.17) is 11.6 Å². The van der Waals surface area contributed by atoms with Crippen LogP contribution in [0.1, 0.15) is 29.3 Å². The molecule has 0 saturated heterocycles. The second-order valence-corrected chi connectivity index (χ2v) is 6.16. The molecule has 0 saturated carbocycles. The predicted octanol–water partition coefficient (Wildman–Crippen LogP) is 4.89. The molecule has 0 atom stereocenters. The fourth-order valence-corrected chi connectivity index (χ4v) is 3.15. The summed E-state index contributed by atoms with van der Waals surface area (Å²) in [5.74, 6) is 0.734. The van der Waals surface area contributed by atoms with E-state index in [1.54, 1.807) is 0 Å². The van der Waals surface area contributed by atoms with Gasteiger partial charge in [-0.25, -0.2) is 9.97 Å². The van der Waals surface area contributed by atoms with E-state index in [1.807, 2.05) is 0 Å². The van der Waals surface area contributed by atoms with Gasteiger partial charge in [0.25, 0.3) is 0 Å². The first-order chi connectivity index (χ1) is 8.93. The van der Waals surface area contributed by atoms with Crippen LogP contribution in [-0.4, -0.2) is 9.97 Å². The molecular formula is C15H16ClIN2. The molecule has 0 bridgehead atoms. The lowest BCUT2D eigenvalue weighted by atomic mass is 9.99. The van der Waals surface area contributed by atoms with Gasteiger partial charge in [-0.1, -0.05) is 36.2 Å². The maximum Gasteiger partial charge on any atom is 0.161 e. The first-order valence-corrected chi connectivity index (χ1v) is 7.69. The second-order valence-electron chi connectivity index (χ2n) is 4.73. The molecule has 2 nitrogen and oxygen atoms in total. The third-order valence-electron chi connectivity index (χ3n) is 3.11. The maximum absolute atomic E-state index is 6.22. The predicted molar refractivity (Wildman–Crippen MR) is 88.8 cm³/mol. The van der Waals surface area contributed by atoms with Gasteiger partial charge in [-0.2, -0.15) is 0 Å². The first kappa shape index (κ1) is 14.7. The lowest BCUT2D eigenvalue weighted by molar-refractivity contribution is 0.986. The van der Waals surface area contributed by atoms with Crippen molar-refractivity contribution >= 4 is 34.2 Å². The highest BCUT2D eigenvalue weighted by molar-refractivity contribution is 14.1. The quantitative estimate of drug-likeness (QED) is 0.542. The lowest BCUT2D eigenvalue weighted by Crippen LogP contribution is -2.02. The first-order valence-electron chi connectivity index (χ1n) is 6.24. The third kappa shape index (κ3) is 2.92. The fraction of sp³-hybridized carbons (Fsp3) is 0.333. The number of aromatic nitrogens is 2. The smallest absolute Gasteiger partial charge is 0.161 e. The summed E-state index contributed by atoms with van der Waals surface area (Å²) in [4.78, 5) is 9.12. The Morgan fingerprint density at radius 2 is 1.68 bits per heavy atom. The zero-order chi connectivity index (χ0) is 14.2. The largest absolute Gasteiger partial charge is 0.232 e. The van der Waals surface area contributed by atoms with Gasteiger partial charge in [-0.3, -0.25) is 0 Å². The molecule has 2 rings (SSSR count). The van der Waals surface area contributed by atoms with E-state index in [2.05, 4.69) is 72.4 Å². The van der Waals surface area contributed by atoms with Gasteiger partial charge in [0.15, 0.2) is 5.82 Å². The summed E-state index contributed by atoms with van der Waals surface area (Å²) in [6, 6.07) is 4.31. The van der Waals surface area contributed by atoms with E-state index < -0.39 is 0 Å². The summed E-state index contributed by atoms with van der Waals surface area (Å²) in [5.41, 5.74) is 5.74. The van der Waals surface area contributed by atoms with Crippen LogP contribution in [-0.2, 0) is 6.42 Å². The van der Waals surface area contributed by atoms with Gasteiger partial charge >= 0.3 is 0 Å². The Balaban J connectivity index is 2.69. The van der Waals surface area contributed by atoms with Crippen molar-refractivity contribution < 1.29 is 0 Å². The Bertz CT molecular complexity index is 615. The van der Waals surface area contributed by atoms with E-state index in [9.17, 15) is 0 Å². The van der Waals surface area contributed by atoms with Crippen LogP contribution in [0.4, 0.5) is 0 Å². The molecule has 0 aliphatic carbocycles. The Labute approximate surface area is 132 Å².